The van der Waals surface area contributed by atoms with E-state index in [1.807, 2.05) is 25.1 Å². The van der Waals surface area contributed by atoms with Crippen molar-refractivity contribution < 1.29 is 5.11 Å². The lowest BCUT2D eigenvalue weighted by Gasteiger charge is -2.22. The van der Waals surface area contributed by atoms with E-state index in [1.54, 1.807) is 0 Å². The molecule has 3 N–H and O–H groups in total. The van der Waals surface area contributed by atoms with Gasteiger partial charge in [-0.1, -0.05) is 17.7 Å². The first-order valence-electron chi connectivity index (χ1n) is 5.48. The van der Waals surface area contributed by atoms with Gasteiger partial charge in [-0.25, -0.2) is 0 Å². The van der Waals surface area contributed by atoms with Crippen LogP contribution in [0.3, 0.4) is 0 Å². The molecule has 88 valence electrons. The van der Waals surface area contributed by atoms with Crippen LogP contribution in [0.5, 0.6) is 0 Å². The van der Waals surface area contributed by atoms with Crippen LogP contribution in [0.2, 0.25) is 5.02 Å². The largest absolute Gasteiger partial charge is 0.388 e. The molecular formula is C12H17ClN2O. The number of nitrogens with two attached hydrogens (primary N) is 1. The molecule has 0 spiro atoms. The van der Waals surface area contributed by atoms with Crippen LogP contribution in [0.15, 0.2) is 18.2 Å². The quantitative estimate of drug-likeness (QED) is 0.828. The van der Waals surface area contributed by atoms with Gasteiger partial charge < -0.3 is 15.7 Å². The van der Waals surface area contributed by atoms with E-state index in [0.29, 0.717) is 18.1 Å². The van der Waals surface area contributed by atoms with Gasteiger partial charge in [0.2, 0.25) is 0 Å². The maximum atomic E-state index is 9.91. The van der Waals surface area contributed by atoms with Crippen LogP contribution in [-0.4, -0.2) is 23.8 Å². The molecule has 0 aliphatic carbocycles. The van der Waals surface area contributed by atoms with Gasteiger partial charge in [0, 0.05) is 19.6 Å². The summed E-state index contributed by atoms with van der Waals surface area (Å²) in [7, 11) is 0. The topological polar surface area (TPSA) is 49.5 Å². The first-order chi connectivity index (χ1) is 7.52. The smallest absolute Gasteiger partial charge is 0.0810 e. The molecule has 0 bridgehead atoms. The Morgan fingerprint density at radius 2 is 2.31 bits per heavy atom. The molecule has 1 aliphatic rings. The third-order valence-corrected chi connectivity index (χ3v) is 3.34. The number of halogens is 1. The summed E-state index contributed by atoms with van der Waals surface area (Å²) in [5.41, 5.74) is 6.96. The van der Waals surface area contributed by atoms with Gasteiger partial charge in [-0.3, -0.25) is 0 Å². The Hall–Kier alpha value is -0.770. The molecule has 1 fully saturated rings. The maximum absolute atomic E-state index is 9.91. The lowest BCUT2D eigenvalue weighted by molar-refractivity contribution is 0.0839. The fourth-order valence-corrected chi connectivity index (χ4v) is 2.41. The number of hydrogen-bond donors (Lipinski definition) is 2. The van der Waals surface area contributed by atoms with Gasteiger partial charge in [-0.2, -0.15) is 0 Å². The Kier molecular flexibility index (Phi) is 3.10. The minimum atomic E-state index is -0.601. The number of anilines is 1. The molecule has 0 saturated carbocycles. The molecule has 16 heavy (non-hydrogen) atoms. The fourth-order valence-electron chi connectivity index (χ4n) is 2.08. The van der Waals surface area contributed by atoms with E-state index in [2.05, 4.69) is 4.90 Å². The van der Waals surface area contributed by atoms with E-state index in [1.165, 1.54) is 0 Å². The summed E-state index contributed by atoms with van der Waals surface area (Å²) >= 11 is 6.20. The summed E-state index contributed by atoms with van der Waals surface area (Å²) in [5.74, 6) is 0. The van der Waals surface area contributed by atoms with Crippen LogP contribution in [-0.2, 0) is 6.54 Å². The zero-order valence-corrected chi connectivity index (χ0v) is 10.2. The van der Waals surface area contributed by atoms with E-state index < -0.39 is 5.60 Å². The number of benzene rings is 1. The van der Waals surface area contributed by atoms with Crippen molar-refractivity contribution in [2.45, 2.75) is 25.5 Å². The molecule has 0 aromatic heterocycles. The molecule has 0 amide bonds. The highest BCUT2D eigenvalue weighted by Crippen LogP contribution is 2.32. The second kappa shape index (κ2) is 4.24. The Labute approximate surface area is 101 Å². The number of β-amino-alcohol motifs (C(OH)–C–C–N with tert-alkyl or cyclic N) is 1. The van der Waals surface area contributed by atoms with Gasteiger partial charge >= 0.3 is 0 Å². The summed E-state index contributed by atoms with van der Waals surface area (Å²) in [5, 5.41) is 10.6. The highest BCUT2D eigenvalue weighted by molar-refractivity contribution is 6.33. The Morgan fingerprint density at radius 1 is 1.56 bits per heavy atom. The van der Waals surface area contributed by atoms with Gasteiger partial charge in [-0.15, -0.1) is 0 Å². The number of nitrogens with zero attached hydrogens (tertiary/aromatic N) is 1. The zero-order valence-electron chi connectivity index (χ0n) is 9.41. The third kappa shape index (κ3) is 2.32. The average molecular weight is 241 g/mol. The fraction of sp³-hybridized carbons (Fsp3) is 0.500. The average Bonchev–Trinajstić information content (AvgIpc) is 2.58. The third-order valence-electron chi connectivity index (χ3n) is 3.04. The van der Waals surface area contributed by atoms with Crippen molar-refractivity contribution in [3.63, 3.8) is 0 Å². The Bertz CT molecular complexity index is 393. The van der Waals surface area contributed by atoms with Crippen LogP contribution >= 0.6 is 11.6 Å². The summed E-state index contributed by atoms with van der Waals surface area (Å²) in [4.78, 5) is 2.11. The SMILES string of the molecule is CC1(O)CCN(c2ccc(CN)cc2Cl)C1. The van der Waals surface area contributed by atoms with Gasteiger partial charge in [0.05, 0.1) is 16.3 Å². The minimum Gasteiger partial charge on any atom is -0.388 e. The van der Waals surface area contributed by atoms with E-state index in [4.69, 9.17) is 17.3 Å². The molecule has 1 saturated heterocycles. The molecule has 1 aromatic rings. The number of hydrogen-bond acceptors (Lipinski definition) is 3. The van der Waals surface area contributed by atoms with Crippen LogP contribution in [0, 0.1) is 0 Å². The van der Waals surface area contributed by atoms with E-state index >= 15 is 0 Å². The predicted octanol–water partition coefficient (Wildman–Crippen LogP) is 1.76. The first kappa shape index (κ1) is 11.7. The zero-order chi connectivity index (χ0) is 11.8. The Balaban J connectivity index is 2.22. The molecular weight excluding hydrogens is 224 g/mol. The van der Waals surface area contributed by atoms with E-state index in [-0.39, 0.29) is 0 Å². The lowest BCUT2D eigenvalue weighted by atomic mass is 10.1. The van der Waals surface area contributed by atoms with Crippen LogP contribution in [0.1, 0.15) is 18.9 Å². The highest BCUT2D eigenvalue weighted by atomic mass is 35.5. The molecule has 2 rings (SSSR count). The van der Waals surface area contributed by atoms with Gasteiger partial charge in [0.25, 0.3) is 0 Å². The first-order valence-corrected chi connectivity index (χ1v) is 5.85. The van der Waals surface area contributed by atoms with Crippen LogP contribution in [0.4, 0.5) is 5.69 Å². The standard InChI is InChI=1S/C12H17ClN2O/c1-12(16)4-5-15(8-12)11-3-2-9(7-14)6-10(11)13/h2-3,6,16H,4-5,7-8,14H2,1H3. The Morgan fingerprint density at radius 3 is 2.81 bits per heavy atom. The molecule has 3 nitrogen and oxygen atoms in total. The van der Waals surface area contributed by atoms with Crippen molar-refractivity contribution >= 4 is 17.3 Å². The van der Waals surface area contributed by atoms with Gasteiger partial charge in [0.1, 0.15) is 0 Å². The van der Waals surface area contributed by atoms with Crippen molar-refractivity contribution in [2.75, 3.05) is 18.0 Å². The predicted molar refractivity (Wildman–Crippen MR) is 66.8 cm³/mol. The maximum Gasteiger partial charge on any atom is 0.0810 e. The van der Waals surface area contributed by atoms with Crippen molar-refractivity contribution in [3.8, 4) is 0 Å². The van der Waals surface area contributed by atoms with Crippen molar-refractivity contribution in [1.82, 2.24) is 0 Å². The number of aliphatic hydroxyl groups is 1. The summed E-state index contributed by atoms with van der Waals surface area (Å²) in [6, 6.07) is 5.85. The van der Waals surface area contributed by atoms with Crippen molar-refractivity contribution in [3.05, 3.63) is 28.8 Å². The van der Waals surface area contributed by atoms with Crippen molar-refractivity contribution in [1.29, 1.82) is 0 Å². The molecule has 1 atom stereocenters. The molecule has 1 heterocycles. The summed E-state index contributed by atoms with van der Waals surface area (Å²) in [6.07, 6.45) is 0.780. The van der Waals surface area contributed by atoms with Gasteiger partial charge in [0.15, 0.2) is 0 Å². The lowest BCUT2D eigenvalue weighted by Crippen LogP contribution is -2.29. The molecule has 1 aliphatic heterocycles. The molecule has 1 unspecified atom stereocenters. The molecule has 1 aromatic carbocycles. The summed E-state index contributed by atoms with van der Waals surface area (Å²) in [6.45, 7) is 3.83. The molecule has 0 radical (unpaired) electrons. The second-order valence-corrected chi connectivity index (χ2v) is 5.07. The van der Waals surface area contributed by atoms with Crippen LogP contribution < -0.4 is 10.6 Å². The van der Waals surface area contributed by atoms with E-state index in [0.717, 1.165) is 24.2 Å². The van der Waals surface area contributed by atoms with E-state index in [9.17, 15) is 5.11 Å². The molecule has 4 heteroatoms. The highest BCUT2D eigenvalue weighted by Gasteiger charge is 2.32. The van der Waals surface area contributed by atoms with Crippen LogP contribution in [0.25, 0.3) is 0 Å². The van der Waals surface area contributed by atoms with Gasteiger partial charge in [-0.05, 0) is 31.0 Å². The second-order valence-electron chi connectivity index (χ2n) is 4.66. The number of rotatable bonds is 2. The van der Waals surface area contributed by atoms with Crippen molar-refractivity contribution in [2.24, 2.45) is 5.73 Å². The minimum absolute atomic E-state index is 0.498. The monoisotopic (exact) mass is 240 g/mol. The summed E-state index contributed by atoms with van der Waals surface area (Å²) < 4.78 is 0. The normalized spacial score (nSPS) is 25.1.